The van der Waals surface area contributed by atoms with E-state index in [0.29, 0.717) is 0 Å². The Kier molecular flexibility index (Phi) is 4.48. The quantitative estimate of drug-likeness (QED) is 0.853. The van der Waals surface area contributed by atoms with Crippen molar-refractivity contribution in [3.05, 3.63) is 28.2 Å². The minimum absolute atomic E-state index is 0.00985. The van der Waals surface area contributed by atoms with Gasteiger partial charge in [0.05, 0.1) is 18.1 Å². The standard InChI is InChI=1S/C12H15BrN2O4S/c1-8-6-9(2-3-10(8)13)20(17,18)15-4-5-19-7-11(15)12(14)16/h2-3,6,11H,4-5,7H2,1H3,(H2,14,16). The van der Waals surface area contributed by atoms with Crippen molar-refractivity contribution in [3.63, 3.8) is 0 Å². The minimum atomic E-state index is -3.76. The van der Waals surface area contributed by atoms with E-state index in [1.807, 2.05) is 0 Å². The van der Waals surface area contributed by atoms with Crippen LogP contribution in [0.4, 0.5) is 0 Å². The first-order valence-electron chi connectivity index (χ1n) is 5.99. The number of benzene rings is 1. The maximum Gasteiger partial charge on any atom is 0.243 e. The number of carbonyl (C=O) groups excluding carboxylic acids is 1. The average Bonchev–Trinajstić information content (AvgIpc) is 2.41. The molecular formula is C12H15BrN2O4S. The normalized spacial score (nSPS) is 20.8. The van der Waals surface area contributed by atoms with Gasteiger partial charge in [-0.3, -0.25) is 4.79 Å². The summed E-state index contributed by atoms with van der Waals surface area (Å²) in [7, 11) is -3.76. The average molecular weight is 363 g/mol. The van der Waals surface area contributed by atoms with Crippen LogP contribution >= 0.6 is 15.9 Å². The summed E-state index contributed by atoms with van der Waals surface area (Å²) in [6.07, 6.45) is 0. The van der Waals surface area contributed by atoms with E-state index in [2.05, 4.69) is 15.9 Å². The third-order valence-electron chi connectivity index (χ3n) is 3.14. The second kappa shape index (κ2) is 5.80. The Morgan fingerprint density at radius 1 is 1.50 bits per heavy atom. The predicted octanol–water partition coefficient (Wildman–Crippen LogP) is 0.632. The Bertz CT molecular complexity index is 632. The summed E-state index contributed by atoms with van der Waals surface area (Å²) in [4.78, 5) is 11.5. The molecule has 20 heavy (non-hydrogen) atoms. The molecule has 1 saturated heterocycles. The molecule has 1 amide bonds. The van der Waals surface area contributed by atoms with Gasteiger partial charge in [-0.05, 0) is 30.7 Å². The molecule has 1 aromatic rings. The highest BCUT2D eigenvalue weighted by molar-refractivity contribution is 9.10. The summed E-state index contributed by atoms with van der Waals surface area (Å²) in [6, 6.07) is 3.77. The van der Waals surface area contributed by atoms with Crippen LogP contribution in [0, 0.1) is 6.92 Å². The molecule has 0 aromatic heterocycles. The van der Waals surface area contributed by atoms with Gasteiger partial charge in [0.1, 0.15) is 6.04 Å². The second-order valence-corrected chi connectivity index (χ2v) is 7.26. The first-order valence-corrected chi connectivity index (χ1v) is 8.22. The number of hydrogen-bond donors (Lipinski definition) is 1. The fourth-order valence-electron chi connectivity index (χ4n) is 2.01. The van der Waals surface area contributed by atoms with Crippen molar-refractivity contribution in [2.75, 3.05) is 19.8 Å². The largest absolute Gasteiger partial charge is 0.378 e. The number of sulfonamides is 1. The number of nitrogens with two attached hydrogens (primary N) is 1. The lowest BCUT2D eigenvalue weighted by Crippen LogP contribution is -2.54. The Balaban J connectivity index is 2.42. The van der Waals surface area contributed by atoms with E-state index >= 15 is 0 Å². The number of halogens is 1. The van der Waals surface area contributed by atoms with Crippen LogP contribution in [0.25, 0.3) is 0 Å². The highest BCUT2D eigenvalue weighted by Crippen LogP contribution is 2.24. The topological polar surface area (TPSA) is 89.7 Å². The predicted molar refractivity (Wildman–Crippen MR) is 76.6 cm³/mol. The molecule has 1 unspecified atom stereocenters. The number of primary amides is 1. The Hall–Kier alpha value is -0.960. The van der Waals surface area contributed by atoms with Crippen LogP contribution in [-0.2, 0) is 19.6 Å². The monoisotopic (exact) mass is 362 g/mol. The van der Waals surface area contributed by atoms with Crippen molar-refractivity contribution >= 4 is 31.9 Å². The molecule has 110 valence electrons. The summed E-state index contributed by atoms with van der Waals surface area (Å²) in [6.45, 7) is 2.15. The molecule has 0 aliphatic carbocycles. The van der Waals surface area contributed by atoms with Gasteiger partial charge in [0.2, 0.25) is 15.9 Å². The van der Waals surface area contributed by atoms with Crippen LogP contribution in [0.15, 0.2) is 27.6 Å². The van der Waals surface area contributed by atoms with Gasteiger partial charge in [0, 0.05) is 11.0 Å². The Labute approximate surface area is 126 Å². The summed E-state index contributed by atoms with van der Waals surface area (Å²) >= 11 is 3.32. The number of rotatable bonds is 3. The molecule has 1 aromatic carbocycles. The van der Waals surface area contributed by atoms with Gasteiger partial charge in [-0.15, -0.1) is 0 Å². The number of hydrogen-bond acceptors (Lipinski definition) is 4. The first kappa shape index (κ1) is 15.4. The van der Waals surface area contributed by atoms with Gasteiger partial charge >= 0.3 is 0 Å². The molecule has 0 saturated carbocycles. The highest BCUT2D eigenvalue weighted by atomic mass is 79.9. The molecular weight excluding hydrogens is 348 g/mol. The zero-order valence-electron chi connectivity index (χ0n) is 10.9. The number of morpholine rings is 1. The maximum absolute atomic E-state index is 12.6. The molecule has 8 heteroatoms. The zero-order valence-corrected chi connectivity index (χ0v) is 13.3. The second-order valence-electron chi connectivity index (χ2n) is 4.52. The first-order chi connectivity index (χ1) is 9.34. The smallest absolute Gasteiger partial charge is 0.243 e. The van der Waals surface area contributed by atoms with Crippen LogP contribution < -0.4 is 5.73 Å². The third-order valence-corrected chi connectivity index (χ3v) is 5.94. The van der Waals surface area contributed by atoms with Crippen molar-refractivity contribution in [1.82, 2.24) is 4.31 Å². The van der Waals surface area contributed by atoms with E-state index in [1.54, 1.807) is 19.1 Å². The highest BCUT2D eigenvalue weighted by Gasteiger charge is 2.37. The van der Waals surface area contributed by atoms with Gasteiger partial charge in [-0.1, -0.05) is 15.9 Å². The zero-order chi connectivity index (χ0) is 14.9. The molecule has 0 bridgehead atoms. The molecule has 2 N–H and O–H groups in total. The van der Waals surface area contributed by atoms with Crippen molar-refractivity contribution in [3.8, 4) is 0 Å². The Morgan fingerprint density at radius 3 is 2.80 bits per heavy atom. The van der Waals surface area contributed by atoms with Gasteiger partial charge in [-0.25, -0.2) is 8.42 Å². The van der Waals surface area contributed by atoms with E-state index in [1.165, 1.54) is 6.07 Å². The molecule has 1 heterocycles. The lowest BCUT2D eigenvalue weighted by atomic mass is 10.2. The lowest BCUT2D eigenvalue weighted by Gasteiger charge is -2.32. The fourth-order valence-corrected chi connectivity index (χ4v) is 3.91. The minimum Gasteiger partial charge on any atom is -0.378 e. The van der Waals surface area contributed by atoms with Gasteiger partial charge in [0.15, 0.2) is 0 Å². The van der Waals surface area contributed by atoms with Crippen molar-refractivity contribution in [1.29, 1.82) is 0 Å². The third kappa shape index (κ3) is 2.88. The van der Waals surface area contributed by atoms with E-state index in [0.717, 1.165) is 14.3 Å². The SMILES string of the molecule is Cc1cc(S(=O)(=O)N2CCOCC2C(N)=O)ccc1Br. The molecule has 6 nitrogen and oxygen atoms in total. The molecule has 1 atom stereocenters. The number of carbonyl (C=O) groups is 1. The number of amides is 1. The summed E-state index contributed by atoms with van der Waals surface area (Å²) in [5, 5.41) is 0. The van der Waals surface area contributed by atoms with E-state index in [4.69, 9.17) is 10.5 Å². The number of ether oxygens (including phenoxy) is 1. The molecule has 0 spiro atoms. The Morgan fingerprint density at radius 2 is 2.20 bits per heavy atom. The van der Waals surface area contributed by atoms with Crippen molar-refractivity contribution in [2.45, 2.75) is 17.9 Å². The molecule has 0 radical (unpaired) electrons. The van der Waals surface area contributed by atoms with Crippen LogP contribution in [0.3, 0.4) is 0 Å². The molecule has 1 aliphatic rings. The number of aryl methyl sites for hydroxylation is 1. The van der Waals surface area contributed by atoms with E-state index in [9.17, 15) is 13.2 Å². The molecule has 1 aliphatic heterocycles. The van der Waals surface area contributed by atoms with Gasteiger partial charge in [-0.2, -0.15) is 4.31 Å². The van der Waals surface area contributed by atoms with Crippen LogP contribution in [0.1, 0.15) is 5.56 Å². The number of nitrogens with zero attached hydrogens (tertiary/aromatic N) is 1. The van der Waals surface area contributed by atoms with Crippen molar-refractivity contribution < 1.29 is 17.9 Å². The fraction of sp³-hybridized carbons (Fsp3) is 0.417. The molecule has 2 rings (SSSR count). The summed E-state index contributed by atoms with van der Waals surface area (Å²) < 4.78 is 32.3. The maximum atomic E-state index is 12.6. The van der Waals surface area contributed by atoms with Crippen LogP contribution in [-0.4, -0.2) is 44.4 Å². The van der Waals surface area contributed by atoms with Crippen LogP contribution in [0.5, 0.6) is 0 Å². The summed E-state index contributed by atoms with van der Waals surface area (Å²) in [5.74, 6) is -0.706. The van der Waals surface area contributed by atoms with E-state index < -0.39 is 22.0 Å². The lowest BCUT2D eigenvalue weighted by molar-refractivity contribution is -0.125. The van der Waals surface area contributed by atoms with E-state index in [-0.39, 0.29) is 24.7 Å². The van der Waals surface area contributed by atoms with Crippen molar-refractivity contribution in [2.24, 2.45) is 5.73 Å². The molecule has 1 fully saturated rings. The summed E-state index contributed by atoms with van der Waals surface area (Å²) in [5.41, 5.74) is 6.05. The van der Waals surface area contributed by atoms with Gasteiger partial charge < -0.3 is 10.5 Å². The van der Waals surface area contributed by atoms with Gasteiger partial charge in [0.25, 0.3) is 0 Å². The van der Waals surface area contributed by atoms with Crippen LogP contribution in [0.2, 0.25) is 0 Å².